The number of amides is 2. The number of carbonyl (C=O) groups excluding carboxylic acids is 2. The van der Waals surface area contributed by atoms with Crippen LogP contribution in [0.1, 0.15) is 30.0 Å². The Hall–Kier alpha value is -3.12. The van der Waals surface area contributed by atoms with Crippen molar-refractivity contribution in [3.63, 3.8) is 0 Å². The molecule has 6 nitrogen and oxygen atoms in total. The van der Waals surface area contributed by atoms with Crippen LogP contribution in [0.3, 0.4) is 0 Å². The first-order chi connectivity index (χ1) is 14.8. The number of nitrogens with one attached hydrogen (secondary N) is 1. The molecule has 2 amide bonds. The third kappa shape index (κ3) is 4.97. The van der Waals surface area contributed by atoms with Gasteiger partial charge >= 0.3 is 0 Å². The second kappa shape index (κ2) is 9.79. The summed E-state index contributed by atoms with van der Waals surface area (Å²) in [6.07, 6.45) is 0.607. The molecule has 0 fully saturated rings. The molecule has 1 N–H and O–H groups in total. The molecular weight excluding hydrogens is 390 g/mol. The summed E-state index contributed by atoms with van der Waals surface area (Å²) in [6, 6.07) is 13.7. The van der Waals surface area contributed by atoms with Gasteiger partial charge in [0, 0.05) is 45.2 Å². The maximum absolute atomic E-state index is 13.3. The van der Waals surface area contributed by atoms with Crippen molar-refractivity contribution in [2.75, 3.05) is 44.1 Å². The molecule has 0 spiro atoms. The highest BCUT2D eigenvalue weighted by Crippen LogP contribution is 2.33. The Morgan fingerprint density at radius 1 is 1.00 bits per heavy atom. The number of ether oxygens (including phenoxy) is 1. The van der Waals surface area contributed by atoms with Gasteiger partial charge in [-0.2, -0.15) is 0 Å². The minimum Gasteiger partial charge on any atom is -0.382 e. The molecule has 0 unspecified atom stereocenters. The second-order valence-electron chi connectivity index (χ2n) is 7.95. The van der Waals surface area contributed by atoms with Crippen LogP contribution in [0.25, 0.3) is 5.57 Å². The van der Waals surface area contributed by atoms with Crippen LogP contribution < -0.4 is 10.2 Å². The first-order valence-corrected chi connectivity index (χ1v) is 10.6. The topological polar surface area (TPSA) is 61.9 Å². The van der Waals surface area contributed by atoms with E-state index in [2.05, 4.69) is 5.32 Å². The average Bonchev–Trinajstić information content (AvgIpc) is 2.96. The molecule has 2 aromatic rings. The minimum atomic E-state index is -0.298. The summed E-state index contributed by atoms with van der Waals surface area (Å²) in [4.78, 5) is 29.9. The van der Waals surface area contributed by atoms with Crippen LogP contribution in [0, 0.1) is 13.8 Å². The zero-order valence-corrected chi connectivity index (χ0v) is 19.0. The summed E-state index contributed by atoms with van der Waals surface area (Å²) in [6.45, 7) is 7.37. The van der Waals surface area contributed by atoms with E-state index in [0.717, 1.165) is 28.1 Å². The Balaban J connectivity index is 1.96. The number of rotatable bonds is 9. The molecule has 2 aromatic carbocycles. The van der Waals surface area contributed by atoms with Gasteiger partial charge in [0.05, 0.1) is 5.57 Å². The molecule has 31 heavy (non-hydrogen) atoms. The van der Waals surface area contributed by atoms with E-state index in [1.54, 1.807) is 0 Å². The van der Waals surface area contributed by atoms with Crippen LogP contribution in [-0.2, 0) is 14.3 Å². The molecule has 3 rings (SSSR count). The summed E-state index contributed by atoms with van der Waals surface area (Å²) >= 11 is 0. The predicted molar refractivity (Wildman–Crippen MR) is 125 cm³/mol. The average molecular weight is 422 g/mol. The van der Waals surface area contributed by atoms with Crippen LogP contribution >= 0.6 is 0 Å². The van der Waals surface area contributed by atoms with Gasteiger partial charge in [-0.15, -0.1) is 0 Å². The molecule has 0 saturated carbocycles. The molecule has 1 heterocycles. The van der Waals surface area contributed by atoms with Crippen LogP contribution in [0.4, 0.5) is 11.4 Å². The summed E-state index contributed by atoms with van der Waals surface area (Å²) in [5.41, 5.74) is 5.43. The number of anilines is 2. The van der Waals surface area contributed by atoms with Gasteiger partial charge in [0.25, 0.3) is 11.8 Å². The smallest absolute Gasteiger partial charge is 0.278 e. The number of benzene rings is 2. The molecule has 0 atom stereocenters. The highest BCUT2D eigenvalue weighted by atomic mass is 16.5. The van der Waals surface area contributed by atoms with Crippen molar-refractivity contribution in [3.8, 4) is 0 Å². The Morgan fingerprint density at radius 2 is 1.71 bits per heavy atom. The van der Waals surface area contributed by atoms with Gasteiger partial charge in [-0.3, -0.25) is 14.5 Å². The van der Waals surface area contributed by atoms with Crippen molar-refractivity contribution in [1.29, 1.82) is 0 Å². The number of imide groups is 1. The molecule has 0 radical (unpaired) electrons. The molecule has 1 aliphatic heterocycles. The molecule has 6 heteroatoms. The Labute approximate surface area is 184 Å². The van der Waals surface area contributed by atoms with Crippen molar-refractivity contribution < 1.29 is 14.3 Å². The number of nitrogens with zero attached hydrogens (tertiary/aromatic N) is 2. The lowest BCUT2D eigenvalue weighted by atomic mass is 9.97. The summed E-state index contributed by atoms with van der Waals surface area (Å²) in [7, 11) is 3.95. The van der Waals surface area contributed by atoms with Gasteiger partial charge in [0.2, 0.25) is 0 Å². The van der Waals surface area contributed by atoms with Gasteiger partial charge in [-0.05, 0) is 62.6 Å². The largest absolute Gasteiger partial charge is 0.382 e. The van der Waals surface area contributed by atoms with E-state index < -0.39 is 0 Å². The van der Waals surface area contributed by atoms with E-state index in [0.29, 0.717) is 37.4 Å². The van der Waals surface area contributed by atoms with Gasteiger partial charge in [-0.25, -0.2) is 0 Å². The summed E-state index contributed by atoms with van der Waals surface area (Å²) in [5, 5.41) is 3.23. The summed E-state index contributed by atoms with van der Waals surface area (Å²) < 4.78 is 5.38. The third-order valence-corrected chi connectivity index (χ3v) is 5.35. The molecule has 0 saturated heterocycles. The maximum Gasteiger partial charge on any atom is 0.278 e. The SMILES string of the molecule is CCOCCCN1C(=O)C(Nc2ccc(N(C)C)cc2)=C(c2ccc(C)cc2C)C1=O. The van der Waals surface area contributed by atoms with Crippen LogP contribution in [0.2, 0.25) is 0 Å². The standard InChI is InChI=1S/C25H31N3O3/c1-6-31-15-7-14-28-24(29)22(21-13-8-17(2)16-18(21)3)23(25(28)30)26-19-9-11-20(12-10-19)27(4)5/h8-13,16,26H,6-7,14-15H2,1-5H3. The van der Waals surface area contributed by atoms with E-state index in [1.807, 2.05) is 82.2 Å². The summed E-state index contributed by atoms with van der Waals surface area (Å²) in [5.74, 6) is -0.561. The van der Waals surface area contributed by atoms with E-state index in [9.17, 15) is 9.59 Å². The Bertz CT molecular complexity index is 994. The lowest BCUT2D eigenvalue weighted by Crippen LogP contribution is -2.34. The Morgan fingerprint density at radius 3 is 2.32 bits per heavy atom. The molecular formula is C25H31N3O3. The van der Waals surface area contributed by atoms with Crippen LogP contribution in [0.5, 0.6) is 0 Å². The molecule has 0 bridgehead atoms. The predicted octanol–water partition coefficient (Wildman–Crippen LogP) is 3.99. The number of hydrogen-bond donors (Lipinski definition) is 1. The van der Waals surface area contributed by atoms with Gasteiger partial charge in [0.1, 0.15) is 5.70 Å². The van der Waals surface area contributed by atoms with Gasteiger partial charge < -0.3 is 15.0 Å². The van der Waals surface area contributed by atoms with E-state index in [4.69, 9.17) is 4.74 Å². The first-order valence-electron chi connectivity index (χ1n) is 10.6. The molecule has 164 valence electrons. The van der Waals surface area contributed by atoms with Gasteiger partial charge in [-0.1, -0.05) is 23.8 Å². The van der Waals surface area contributed by atoms with Crippen molar-refractivity contribution in [1.82, 2.24) is 4.90 Å². The van der Waals surface area contributed by atoms with E-state index in [-0.39, 0.29) is 11.8 Å². The molecule has 0 aromatic heterocycles. The fourth-order valence-electron chi connectivity index (χ4n) is 3.70. The highest BCUT2D eigenvalue weighted by Gasteiger charge is 2.39. The van der Waals surface area contributed by atoms with Crippen molar-refractivity contribution in [3.05, 3.63) is 64.9 Å². The normalized spacial score (nSPS) is 13.9. The van der Waals surface area contributed by atoms with Crippen LogP contribution in [-0.4, -0.2) is 50.6 Å². The highest BCUT2D eigenvalue weighted by molar-refractivity contribution is 6.36. The zero-order valence-electron chi connectivity index (χ0n) is 19.0. The molecule has 0 aliphatic carbocycles. The fraction of sp³-hybridized carbons (Fsp3) is 0.360. The van der Waals surface area contributed by atoms with Crippen molar-refractivity contribution in [2.45, 2.75) is 27.2 Å². The lowest BCUT2D eigenvalue weighted by Gasteiger charge is -2.16. The Kier molecular flexibility index (Phi) is 7.13. The maximum atomic E-state index is 13.3. The monoisotopic (exact) mass is 421 g/mol. The van der Waals surface area contributed by atoms with Crippen molar-refractivity contribution in [2.24, 2.45) is 0 Å². The van der Waals surface area contributed by atoms with Crippen molar-refractivity contribution >= 4 is 28.8 Å². The first kappa shape index (κ1) is 22.6. The van der Waals surface area contributed by atoms with E-state index in [1.165, 1.54) is 4.90 Å². The fourth-order valence-corrected chi connectivity index (χ4v) is 3.70. The van der Waals surface area contributed by atoms with Gasteiger partial charge in [0.15, 0.2) is 0 Å². The number of carbonyl (C=O) groups is 2. The number of hydrogen-bond acceptors (Lipinski definition) is 5. The number of aryl methyl sites for hydroxylation is 2. The quantitative estimate of drug-likeness (QED) is 0.490. The molecule has 1 aliphatic rings. The third-order valence-electron chi connectivity index (χ3n) is 5.35. The lowest BCUT2D eigenvalue weighted by molar-refractivity contribution is -0.137. The zero-order chi connectivity index (χ0) is 22.5. The second-order valence-corrected chi connectivity index (χ2v) is 7.95. The van der Waals surface area contributed by atoms with E-state index >= 15 is 0 Å². The van der Waals surface area contributed by atoms with Crippen LogP contribution in [0.15, 0.2) is 48.2 Å². The minimum absolute atomic E-state index is 0.263.